The molecule has 1 unspecified atom stereocenters. The summed E-state index contributed by atoms with van der Waals surface area (Å²) in [6, 6.07) is 12.2. The van der Waals surface area contributed by atoms with E-state index in [0.29, 0.717) is 16.1 Å². The van der Waals surface area contributed by atoms with Crippen LogP contribution in [-0.2, 0) is 9.59 Å². The van der Waals surface area contributed by atoms with Gasteiger partial charge in [0.05, 0.1) is 42.0 Å². The lowest BCUT2D eigenvalue weighted by atomic mass is 9.99. The van der Waals surface area contributed by atoms with Crippen molar-refractivity contribution in [3.63, 3.8) is 0 Å². The maximum absolute atomic E-state index is 13.2. The van der Waals surface area contributed by atoms with E-state index in [1.54, 1.807) is 41.8 Å². The number of anilines is 1. The SMILES string of the molecule is COc1c(Cl)cc(/C(O)=C2/C(=O)C(=O)N(c3ccc(C#N)cc3)C2c2cccs2)c(OC)c1Cl. The Kier molecular flexibility index (Phi) is 6.53. The molecule has 10 heteroatoms. The number of carbonyl (C=O) groups excluding carboxylic acids is 2. The van der Waals surface area contributed by atoms with Gasteiger partial charge in [0.1, 0.15) is 16.8 Å². The molecule has 34 heavy (non-hydrogen) atoms. The van der Waals surface area contributed by atoms with Crippen molar-refractivity contribution >= 4 is 57.7 Å². The quantitative estimate of drug-likeness (QED) is 0.271. The van der Waals surface area contributed by atoms with E-state index in [1.807, 2.05) is 6.07 Å². The van der Waals surface area contributed by atoms with Gasteiger partial charge < -0.3 is 14.6 Å². The molecule has 0 spiro atoms. The largest absolute Gasteiger partial charge is 0.507 e. The number of thiophene rings is 1. The van der Waals surface area contributed by atoms with E-state index in [2.05, 4.69) is 0 Å². The highest BCUT2D eigenvalue weighted by molar-refractivity contribution is 7.10. The third-order valence-electron chi connectivity index (χ3n) is 5.33. The maximum atomic E-state index is 13.2. The minimum absolute atomic E-state index is 0.00745. The van der Waals surface area contributed by atoms with E-state index < -0.39 is 23.5 Å². The number of hydrogen-bond acceptors (Lipinski definition) is 7. The number of amides is 1. The number of methoxy groups -OCH3 is 2. The smallest absolute Gasteiger partial charge is 0.300 e. The molecule has 2 aromatic carbocycles. The molecule has 0 aliphatic carbocycles. The Labute approximate surface area is 209 Å². The van der Waals surface area contributed by atoms with Gasteiger partial charge >= 0.3 is 0 Å². The summed E-state index contributed by atoms with van der Waals surface area (Å²) in [5.74, 6) is -2.02. The Morgan fingerprint density at radius 2 is 1.79 bits per heavy atom. The van der Waals surface area contributed by atoms with E-state index in [0.717, 1.165) is 0 Å². The molecule has 1 saturated heterocycles. The average Bonchev–Trinajstić information content (AvgIpc) is 3.45. The molecule has 0 bridgehead atoms. The Bertz CT molecular complexity index is 1360. The van der Waals surface area contributed by atoms with Crippen molar-refractivity contribution in [2.24, 2.45) is 0 Å². The molecule has 1 aromatic heterocycles. The standard InChI is InChI=1S/C24H16Cl2N2O5S/c1-32-22-14(10-15(25)23(33-2)18(22)26)20(29)17-19(16-4-3-9-34-16)28(24(31)21(17)30)13-7-5-12(11-27)6-8-13/h3-10,19,29H,1-2H3/b20-17-. The van der Waals surface area contributed by atoms with Crippen LogP contribution in [-0.4, -0.2) is 31.0 Å². The lowest BCUT2D eigenvalue weighted by Gasteiger charge is -2.24. The summed E-state index contributed by atoms with van der Waals surface area (Å²) in [5.41, 5.74) is 0.696. The van der Waals surface area contributed by atoms with E-state index in [9.17, 15) is 14.7 Å². The summed E-state index contributed by atoms with van der Waals surface area (Å²) in [6.45, 7) is 0. The van der Waals surface area contributed by atoms with Gasteiger partial charge in [-0.1, -0.05) is 29.3 Å². The second kappa shape index (κ2) is 9.39. The first-order valence-corrected chi connectivity index (χ1v) is 11.4. The number of benzene rings is 2. The topological polar surface area (TPSA) is 99.9 Å². The zero-order valence-electron chi connectivity index (χ0n) is 17.8. The number of halogens is 2. The predicted molar refractivity (Wildman–Crippen MR) is 130 cm³/mol. The van der Waals surface area contributed by atoms with Crippen molar-refractivity contribution in [1.29, 1.82) is 5.26 Å². The van der Waals surface area contributed by atoms with Crippen molar-refractivity contribution in [2.75, 3.05) is 19.1 Å². The number of carbonyl (C=O) groups is 2. The van der Waals surface area contributed by atoms with Crippen LogP contribution in [0.3, 0.4) is 0 Å². The summed E-state index contributed by atoms with van der Waals surface area (Å²) in [4.78, 5) is 28.3. The van der Waals surface area contributed by atoms with Gasteiger partial charge in [0.25, 0.3) is 11.7 Å². The molecular weight excluding hydrogens is 499 g/mol. The molecule has 1 N–H and O–H groups in total. The molecule has 4 rings (SSSR count). The van der Waals surface area contributed by atoms with Crippen LogP contribution in [0.15, 0.2) is 53.4 Å². The first kappa shape index (κ1) is 23.6. The van der Waals surface area contributed by atoms with Crippen molar-refractivity contribution in [3.05, 3.63) is 79.5 Å². The minimum Gasteiger partial charge on any atom is -0.507 e. The van der Waals surface area contributed by atoms with Crippen molar-refractivity contribution in [2.45, 2.75) is 6.04 Å². The van der Waals surface area contributed by atoms with Gasteiger partial charge in [0.2, 0.25) is 0 Å². The van der Waals surface area contributed by atoms with Gasteiger partial charge in [0, 0.05) is 10.6 Å². The Morgan fingerprint density at radius 1 is 1.12 bits per heavy atom. The zero-order valence-corrected chi connectivity index (χ0v) is 20.2. The highest BCUT2D eigenvalue weighted by Gasteiger charge is 2.47. The fourth-order valence-electron chi connectivity index (χ4n) is 3.80. The van der Waals surface area contributed by atoms with Gasteiger partial charge in [-0.2, -0.15) is 5.26 Å². The van der Waals surface area contributed by atoms with Crippen LogP contribution in [0.1, 0.15) is 22.0 Å². The third-order valence-corrected chi connectivity index (χ3v) is 6.88. The number of aliphatic hydroxyl groups excluding tert-OH is 1. The van der Waals surface area contributed by atoms with E-state index in [-0.39, 0.29) is 32.7 Å². The normalized spacial score (nSPS) is 17.0. The van der Waals surface area contributed by atoms with Gasteiger partial charge in [-0.3, -0.25) is 14.5 Å². The lowest BCUT2D eigenvalue weighted by molar-refractivity contribution is -0.132. The van der Waals surface area contributed by atoms with Gasteiger partial charge in [0.15, 0.2) is 11.5 Å². The summed E-state index contributed by atoms with van der Waals surface area (Å²) < 4.78 is 10.6. The first-order chi connectivity index (χ1) is 16.3. The van der Waals surface area contributed by atoms with E-state index >= 15 is 0 Å². The molecule has 2 heterocycles. The summed E-state index contributed by atoms with van der Waals surface area (Å²) >= 11 is 14.0. The minimum atomic E-state index is -0.919. The molecule has 1 fully saturated rings. The molecule has 7 nitrogen and oxygen atoms in total. The summed E-state index contributed by atoms with van der Waals surface area (Å²) in [5, 5.41) is 22.3. The monoisotopic (exact) mass is 514 g/mol. The Balaban J connectivity index is 1.97. The molecule has 0 saturated carbocycles. The van der Waals surface area contributed by atoms with Crippen LogP contribution in [0, 0.1) is 11.3 Å². The second-order valence-electron chi connectivity index (χ2n) is 7.13. The van der Waals surface area contributed by atoms with Gasteiger partial charge in [-0.25, -0.2) is 0 Å². The summed E-state index contributed by atoms with van der Waals surface area (Å²) in [6.07, 6.45) is 0. The number of ketones is 1. The number of hydrogen-bond donors (Lipinski definition) is 1. The molecule has 172 valence electrons. The van der Waals surface area contributed by atoms with Crippen LogP contribution in [0.25, 0.3) is 5.76 Å². The maximum Gasteiger partial charge on any atom is 0.300 e. The van der Waals surface area contributed by atoms with Crippen LogP contribution in [0.2, 0.25) is 10.0 Å². The number of ether oxygens (including phenoxy) is 2. The second-order valence-corrected chi connectivity index (χ2v) is 8.89. The number of nitriles is 1. The molecular formula is C24H16Cl2N2O5S. The van der Waals surface area contributed by atoms with Gasteiger partial charge in [-0.05, 0) is 41.8 Å². The van der Waals surface area contributed by atoms with Crippen LogP contribution >= 0.6 is 34.5 Å². The van der Waals surface area contributed by atoms with Crippen molar-refractivity contribution in [3.8, 4) is 17.6 Å². The predicted octanol–water partition coefficient (Wildman–Crippen LogP) is 5.57. The highest BCUT2D eigenvalue weighted by atomic mass is 35.5. The summed E-state index contributed by atoms with van der Waals surface area (Å²) in [7, 11) is 2.73. The fraction of sp³-hybridized carbons (Fsp3) is 0.125. The molecule has 0 radical (unpaired) electrons. The first-order valence-electron chi connectivity index (χ1n) is 9.78. The molecule has 1 aliphatic rings. The number of aliphatic hydroxyl groups is 1. The number of rotatable bonds is 5. The molecule has 1 amide bonds. The van der Waals surface area contributed by atoms with Crippen LogP contribution < -0.4 is 14.4 Å². The van der Waals surface area contributed by atoms with Crippen LogP contribution in [0.5, 0.6) is 11.5 Å². The Hall–Kier alpha value is -3.51. The molecule has 3 aromatic rings. The molecule has 1 atom stereocenters. The average molecular weight is 515 g/mol. The van der Waals surface area contributed by atoms with Crippen molar-refractivity contribution < 1.29 is 24.2 Å². The number of nitrogens with zero attached hydrogens (tertiary/aromatic N) is 2. The van der Waals surface area contributed by atoms with Crippen LogP contribution in [0.4, 0.5) is 5.69 Å². The van der Waals surface area contributed by atoms with Crippen molar-refractivity contribution in [1.82, 2.24) is 0 Å². The fourth-order valence-corrected chi connectivity index (χ4v) is 5.31. The Morgan fingerprint density at radius 3 is 2.35 bits per heavy atom. The lowest BCUT2D eigenvalue weighted by Crippen LogP contribution is -2.29. The molecule has 1 aliphatic heterocycles. The highest BCUT2D eigenvalue weighted by Crippen LogP contribution is 2.48. The van der Waals surface area contributed by atoms with E-state index in [1.165, 1.54) is 36.5 Å². The zero-order chi connectivity index (χ0) is 24.6. The number of Topliss-reactive ketones (excluding diaryl/α,β-unsaturated/α-hetero) is 1. The van der Waals surface area contributed by atoms with Gasteiger partial charge in [-0.15, -0.1) is 11.3 Å². The van der Waals surface area contributed by atoms with E-state index in [4.69, 9.17) is 37.9 Å². The third kappa shape index (κ3) is 3.78.